The summed E-state index contributed by atoms with van der Waals surface area (Å²) in [6.07, 6.45) is 3.20. The summed E-state index contributed by atoms with van der Waals surface area (Å²) >= 11 is 0. The highest BCUT2D eigenvalue weighted by Crippen LogP contribution is 2.16. The number of nitrogens with zero attached hydrogens (tertiary/aromatic N) is 4. The third kappa shape index (κ3) is 1.29. The van der Waals surface area contributed by atoms with Gasteiger partial charge in [0.2, 0.25) is 0 Å². The van der Waals surface area contributed by atoms with Crippen molar-refractivity contribution < 1.29 is 0 Å². The van der Waals surface area contributed by atoms with E-state index in [-0.39, 0.29) is 5.56 Å². The van der Waals surface area contributed by atoms with E-state index in [0.29, 0.717) is 17.0 Å². The van der Waals surface area contributed by atoms with Gasteiger partial charge in [0.1, 0.15) is 11.2 Å². The van der Waals surface area contributed by atoms with E-state index >= 15 is 0 Å². The summed E-state index contributed by atoms with van der Waals surface area (Å²) in [5, 5.41) is 0. The Hall–Kier alpha value is -2.50. The molecule has 0 radical (unpaired) electrons. The summed E-state index contributed by atoms with van der Waals surface area (Å²) in [4.78, 5) is 31.7. The first-order valence-corrected chi connectivity index (χ1v) is 5.43. The monoisotopic (exact) mass is 242 g/mol. The first-order valence-electron chi connectivity index (χ1n) is 5.43. The van der Waals surface area contributed by atoms with Crippen LogP contribution in [0.15, 0.2) is 34.1 Å². The van der Waals surface area contributed by atoms with Crippen LogP contribution in [-0.2, 0) is 7.05 Å². The van der Waals surface area contributed by atoms with Gasteiger partial charge in [-0.2, -0.15) is 4.98 Å². The SMILES string of the molecule is Cc1cccn2c3nc(=O)n(C)c(=O)c-3cnc12. The first kappa shape index (κ1) is 10.6. The smallest absolute Gasteiger partial charge is 0.285 e. The zero-order chi connectivity index (χ0) is 12.9. The van der Waals surface area contributed by atoms with E-state index in [1.165, 1.54) is 13.2 Å². The molecule has 0 fully saturated rings. The average molecular weight is 242 g/mol. The molecule has 0 aromatic carbocycles. The predicted molar refractivity (Wildman–Crippen MR) is 65.9 cm³/mol. The molecule has 0 amide bonds. The molecular formula is C12H10N4O2. The number of aryl methyl sites for hydroxylation is 1. The molecular weight excluding hydrogens is 232 g/mol. The minimum absolute atomic E-state index is 0.334. The summed E-state index contributed by atoms with van der Waals surface area (Å²) in [6, 6.07) is 3.74. The molecule has 0 saturated carbocycles. The number of rotatable bonds is 0. The van der Waals surface area contributed by atoms with Crippen LogP contribution in [0.1, 0.15) is 5.56 Å². The maximum Gasteiger partial charge on any atom is 0.352 e. The van der Waals surface area contributed by atoms with Crippen molar-refractivity contribution in [2.75, 3.05) is 0 Å². The highest BCUT2D eigenvalue weighted by molar-refractivity contribution is 5.61. The molecule has 0 bridgehead atoms. The molecule has 0 unspecified atom stereocenters. The van der Waals surface area contributed by atoms with Gasteiger partial charge < -0.3 is 0 Å². The third-order valence-electron chi connectivity index (χ3n) is 2.97. The minimum atomic E-state index is -0.561. The third-order valence-corrected chi connectivity index (χ3v) is 2.97. The van der Waals surface area contributed by atoms with Gasteiger partial charge in [-0.1, -0.05) is 6.07 Å². The molecule has 0 spiro atoms. The Morgan fingerprint density at radius 2 is 2.06 bits per heavy atom. The normalized spacial score (nSPS) is 11.2. The number of hydrogen-bond acceptors (Lipinski definition) is 4. The molecule has 6 heteroatoms. The van der Waals surface area contributed by atoms with E-state index in [9.17, 15) is 9.59 Å². The zero-order valence-corrected chi connectivity index (χ0v) is 9.91. The van der Waals surface area contributed by atoms with Crippen LogP contribution in [0.2, 0.25) is 0 Å². The van der Waals surface area contributed by atoms with Gasteiger partial charge in [-0.3, -0.25) is 13.8 Å². The van der Waals surface area contributed by atoms with Crippen molar-refractivity contribution in [2.45, 2.75) is 6.92 Å². The highest BCUT2D eigenvalue weighted by atomic mass is 16.2. The molecule has 18 heavy (non-hydrogen) atoms. The van der Waals surface area contributed by atoms with Crippen molar-refractivity contribution in [3.8, 4) is 11.4 Å². The molecule has 6 nitrogen and oxygen atoms in total. The maximum absolute atomic E-state index is 11.9. The molecule has 3 heterocycles. The predicted octanol–water partition coefficient (Wildman–Crippen LogP) is 0.201. The lowest BCUT2D eigenvalue weighted by molar-refractivity contribution is 0.765. The second kappa shape index (κ2) is 3.49. The van der Waals surface area contributed by atoms with Gasteiger partial charge >= 0.3 is 5.69 Å². The second-order valence-corrected chi connectivity index (χ2v) is 4.14. The molecule has 0 saturated heterocycles. The highest BCUT2D eigenvalue weighted by Gasteiger charge is 2.16. The van der Waals surface area contributed by atoms with Crippen LogP contribution < -0.4 is 11.2 Å². The van der Waals surface area contributed by atoms with Gasteiger partial charge in [-0.15, -0.1) is 0 Å². The van der Waals surface area contributed by atoms with E-state index in [2.05, 4.69) is 9.97 Å². The lowest BCUT2D eigenvalue weighted by Crippen LogP contribution is -2.35. The van der Waals surface area contributed by atoms with Crippen molar-refractivity contribution in [1.82, 2.24) is 18.9 Å². The number of fused-ring (bicyclic) bond motifs is 3. The molecule has 0 N–H and O–H groups in total. The van der Waals surface area contributed by atoms with Crippen LogP contribution in [0.3, 0.4) is 0 Å². The van der Waals surface area contributed by atoms with E-state index in [0.717, 1.165) is 10.1 Å². The molecule has 0 aliphatic carbocycles. The van der Waals surface area contributed by atoms with E-state index in [1.54, 1.807) is 10.6 Å². The Balaban J connectivity index is 2.64. The van der Waals surface area contributed by atoms with Crippen LogP contribution in [0.4, 0.5) is 0 Å². The molecule has 1 aromatic heterocycles. The van der Waals surface area contributed by atoms with Crippen LogP contribution >= 0.6 is 0 Å². The first-order chi connectivity index (χ1) is 8.59. The average Bonchev–Trinajstić information content (AvgIpc) is 2.36. The van der Waals surface area contributed by atoms with Crippen molar-refractivity contribution in [3.63, 3.8) is 0 Å². The lowest BCUT2D eigenvalue weighted by Gasteiger charge is -2.10. The minimum Gasteiger partial charge on any atom is -0.285 e. The van der Waals surface area contributed by atoms with Crippen LogP contribution in [0.25, 0.3) is 17.0 Å². The van der Waals surface area contributed by atoms with Gasteiger partial charge in [-0.05, 0) is 18.6 Å². The van der Waals surface area contributed by atoms with E-state index in [1.807, 2.05) is 19.1 Å². The summed E-state index contributed by atoms with van der Waals surface area (Å²) in [7, 11) is 1.40. The van der Waals surface area contributed by atoms with Crippen molar-refractivity contribution in [1.29, 1.82) is 0 Å². The van der Waals surface area contributed by atoms with Crippen LogP contribution in [0.5, 0.6) is 0 Å². The lowest BCUT2D eigenvalue weighted by atomic mass is 10.2. The maximum atomic E-state index is 11.9. The van der Waals surface area contributed by atoms with Crippen molar-refractivity contribution in [2.24, 2.45) is 7.05 Å². The van der Waals surface area contributed by atoms with E-state index < -0.39 is 5.69 Å². The largest absolute Gasteiger partial charge is 0.352 e. The standard InChI is InChI=1S/C12H10N4O2/c1-7-4-3-5-16-9(7)13-6-8-10(16)14-12(18)15(2)11(8)17/h3-6H,1-2H3. The molecule has 2 aliphatic heterocycles. The molecule has 2 aliphatic rings. The van der Waals surface area contributed by atoms with Gasteiger partial charge in [0.15, 0.2) is 5.82 Å². The van der Waals surface area contributed by atoms with E-state index in [4.69, 9.17) is 0 Å². The quantitative estimate of drug-likeness (QED) is 0.528. The summed E-state index contributed by atoms with van der Waals surface area (Å²) in [6.45, 7) is 1.91. The molecule has 0 atom stereocenters. The number of aromatic nitrogens is 4. The fourth-order valence-corrected chi connectivity index (χ4v) is 1.95. The van der Waals surface area contributed by atoms with Gasteiger partial charge in [0, 0.05) is 19.4 Å². The summed E-state index contributed by atoms with van der Waals surface area (Å²) < 4.78 is 2.64. The van der Waals surface area contributed by atoms with Gasteiger partial charge in [-0.25, -0.2) is 9.78 Å². The van der Waals surface area contributed by atoms with Crippen molar-refractivity contribution >= 4 is 5.65 Å². The molecule has 1 aromatic rings. The molecule has 90 valence electrons. The fraction of sp³-hybridized carbons (Fsp3) is 0.167. The Labute approximate surface area is 102 Å². The summed E-state index contributed by atoms with van der Waals surface area (Å²) in [5.74, 6) is 0.344. The fourth-order valence-electron chi connectivity index (χ4n) is 1.95. The Bertz CT molecular complexity index is 847. The number of hydrogen-bond donors (Lipinski definition) is 0. The Kier molecular flexibility index (Phi) is 2.07. The van der Waals surface area contributed by atoms with Crippen molar-refractivity contribution in [3.05, 3.63) is 50.9 Å². The van der Waals surface area contributed by atoms with Gasteiger partial charge in [0.25, 0.3) is 5.56 Å². The molecule has 3 rings (SSSR count). The van der Waals surface area contributed by atoms with Crippen LogP contribution in [0, 0.1) is 6.92 Å². The number of pyridine rings is 1. The second-order valence-electron chi connectivity index (χ2n) is 4.14. The topological polar surface area (TPSA) is 69.3 Å². The van der Waals surface area contributed by atoms with Gasteiger partial charge in [0.05, 0.1) is 0 Å². The Morgan fingerprint density at radius 3 is 2.83 bits per heavy atom. The Morgan fingerprint density at radius 1 is 1.28 bits per heavy atom. The van der Waals surface area contributed by atoms with Crippen LogP contribution in [-0.4, -0.2) is 18.9 Å². The summed E-state index contributed by atoms with van der Waals surface area (Å²) in [5.41, 5.74) is 1.03. The zero-order valence-electron chi connectivity index (χ0n) is 9.91.